The third kappa shape index (κ3) is 3.10. The van der Waals surface area contributed by atoms with Crippen molar-refractivity contribution in [2.24, 2.45) is 5.92 Å². The van der Waals surface area contributed by atoms with Crippen LogP contribution in [0.3, 0.4) is 0 Å². The van der Waals surface area contributed by atoms with Crippen LogP contribution in [-0.2, 0) is 11.3 Å². The Balaban J connectivity index is 1.45. The summed E-state index contributed by atoms with van der Waals surface area (Å²) in [6, 6.07) is 10.2. The molecule has 1 aromatic heterocycles. The highest BCUT2D eigenvalue weighted by Crippen LogP contribution is 2.47. The molecule has 1 saturated carbocycles. The second kappa shape index (κ2) is 5.79. The predicted molar refractivity (Wildman–Crippen MR) is 80.2 cm³/mol. The molecule has 1 aliphatic carbocycles. The van der Waals surface area contributed by atoms with E-state index >= 15 is 0 Å². The molecule has 2 atom stereocenters. The molecule has 0 bridgehead atoms. The number of carbonyl (C=O) groups excluding carboxylic acids is 1. The summed E-state index contributed by atoms with van der Waals surface area (Å²) < 4.78 is 2.77. The van der Waals surface area contributed by atoms with Crippen LogP contribution in [0.5, 0.6) is 0 Å². The third-order valence-electron chi connectivity index (χ3n) is 3.60. The zero-order valence-corrected chi connectivity index (χ0v) is 12.6. The van der Waals surface area contributed by atoms with Crippen molar-refractivity contribution in [3.8, 4) is 0 Å². The van der Waals surface area contributed by atoms with Crippen molar-refractivity contribution in [1.82, 2.24) is 15.1 Å². The van der Waals surface area contributed by atoms with Crippen molar-refractivity contribution in [3.05, 3.63) is 52.8 Å². The third-order valence-corrected chi connectivity index (χ3v) is 4.01. The molecular weight excluding hydrogens is 318 g/mol. The lowest BCUT2D eigenvalue weighted by atomic mass is 10.1. The molecule has 0 spiro atoms. The molecule has 1 aromatic carbocycles. The zero-order chi connectivity index (χ0) is 13.9. The van der Waals surface area contributed by atoms with Gasteiger partial charge < -0.3 is 5.32 Å². The van der Waals surface area contributed by atoms with E-state index in [2.05, 4.69) is 38.5 Å². The van der Waals surface area contributed by atoms with E-state index in [1.54, 1.807) is 6.20 Å². The van der Waals surface area contributed by atoms with Crippen molar-refractivity contribution in [2.75, 3.05) is 6.54 Å². The second-order valence-electron chi connectivity index (χ2n) is 5.07. The molecule has 1 amide bonds. The first-order valence-electron chi connectivity index (χ1n) is 6.74. The van der Waals surface area contributed by atoms with E-state index in [0.717, 1.165) is 10.9 Å². The van der Waals surface area contributed by atoms with E-state index in [4.69, 9.17) is 0 Å². The smallest absolute Gasteiger partial charge is 0.223 e. The van der Waals surface area contributed by atoms with E-state index in [1.165, 1.54) is 5.56 Å². The van der Waals surface area contributed by atoms with Crippen molar-refractivity contribution >= 4 is 21.8 Å². The Kier molecular flexibility index (Phi) is 3.87. The van der Waals surface area contributed by atoms with Gasteiger partial charge >= 0.3 is 0 Å². The van der Waals surface area contributed by atoms with Crippen LogP contribution in [0.2, 0.25) is 0 Å². The first kappa shape index (κ1) is 13.4. The topological polar surface area (TPSA) is 46.9 Å². The lowest BCUT2D eigenvalue weighted by Gasteiger charge is -2.05. The van der Waals surface area contributed by atoms with Gasteiger partial charge in [0.15, 0.2) is 0 Å². The summed E-state index contributed by atoms with van der Waals surface area (Å²) in [6.07, 6.45) is 4.60. The minimum absolute atomic E-state index is 0.141. The molecule has 3 rings (SSSR count). The normalized spacial score (nSPS) is 20.6. The molecular formula is C15H16BrN3O. The van der Waals surface area contributed by atoms with Gasteiger partial charge in [-0.15, -0.1) is 0 Å². The fraction of sp³-hybridized carbons (Fsp3) is 0.333. The number of carbonyl (C=O) groups is 1. The Morgan fingerprint density at radius 2 is 2.20 bits per heavy atom. The van der Waals surface area contributed by atoms with Gasteiger partial charge in [-0.3, -0.25) is 9.48 Å². The number of benzene rings is 1. The summed E-state index contributed by atoms with van der Waals surface area (Å²) in [7, 11) is 0. The van der Waals surface area contributed by atoms with E-state index < -0.39 is 0 Å². The maximum Gasteiger partial charge on any atom is 0.223 e. The zero-order valence-electron chi connectivity index (χ0n) is 11.0. The summed E-state index contributed by atoms with van der Waals surface area (Å²) in [6.45, 7) is 1.31. The monoisotopic (exact) mass is 333 g/mol. The van der Waals surface area contributed by atoms with Gasteiger partial charge in [0.1, 0.15) is 0 Å². The van der Waals surface area contributed by atoms with Crippen molar-refractivity contribution in [3.63, 3.8) is 0 Å². The number of nitrogens with one attached hydrogen (secondary N) is 1. The Bertz CT molecular complexity index is 596. The van der Waals surface area contributed by atoms with Crippen molar-refractivity contribution in [2.45, 2.75) is 18.9 Å². The van der Waals surface area contributed by atoms with Gasteiger partial charge in [-0.05, 0) is 33.8 Å². The summed E-state index contributed by atoms with van der Waals surface area (Å²) in [4.78, 5) is 12.0. The largest absolute Gasteiger partial charge is 0.354 e. The van der Waals surface area contributed by atoms with Gasteiger partial charge in [0.2, 0.25) is 5.91 Å². The highest BCUT2D eigenvalue weighted by atomic mass is 79.9. The van der Waals surface area contributed by atoms with Crippen molar-refractivity contribution in [1.29, 1.82) is 0 Å². The first-order chi connectivity index (χ1) is 9.74. The molecule has 0 saturated heterocycles. The number of aromatic nitrogens is 2. The van der Waals surface area contributed by atoms with Gasteiger partial charge in [-0.2, -0.15) is 5.10 Å². The van der Waals surface area contributed by atoms with E-state index in [-0.39, 0.29) is 11.8 Å². The lowest BCUT2D eigenvalue weighted by molar-refractivity contribution is -0.122. The second-order valence-corrected chi connectivity index (χ2v) is 5.99. The van der Waals surface area contributed by atoms with E-state index in [0.29, 0.717) is 19.0 Å². The van der Waals surface area contributed by atoms with Crippen LogP contribution in [0.25, 0.3) is 0 Å². The summed E-state index contributed by atoms with van der Waals surface area (Å²) in [5, 5.41) is 7.14. The molecule has 1 heterocycles. The van der Waals surface area contributed by atoms with Crippen molar-refractivity contribution < 1.29 is 4.79 Å². The molecule has 5 heteroatoms. The standard InChI is InChI=1S/C15H16BrN3O/c16-12-9-18-19(10-12)7-6-17-15(20)14-8-13(14)11-4-2-1-3-5-11/h1-5,9-10,13-14H,6-8H2,(H,17,20)/t13-,14-/m1/s1. The average molecular weight is 334 g/mol. The lowest BCUT2D eigenvalue weighted by Crippen LogP contribution is -2.29. The quantitative estimate of drug-likeness (QED) is 0.914. The van der Waals surface area contributed by atoms with E-state index in [1.807, 2.05) is 29.1 Å². The SMILES string of the molecule is O=C(NCCn1cc(Br)cn1)[C@@H]1C[C@@H]1c1ccccc1. The van der Waals surface area contributed by atoms with Gasteiger partial charge in [0, 0.05) is 18.7 Å². The van der Waals surface area contributed by atoms with Crippen LogP contribution in [-0.4, -0.2) is 22.2 Å². The van der Waals surface area contributed by atoms with Crippen LogP contribution >= 0.6 is 15.9 Å². The Morgan fingerprint density at radius 1 is 1.40 bits per heavy atom. The Morgan fingerprint density at radius 3 is 2.90 bits per heavy atom. The Labute approximate surface area is 126 Å². The Hall–Kier alpha value is -1.62. The number of hydrogen-bond acceptors (Lipinski definition) is 2. The molecule has 20 heavy (non-hydrogen) atoms. The molecule has 1 aliphatic rings. The number of hydrogen-bond donors (Lipinski definition) is 1. The van der Waals surface area contributed by atoms with E-state index in [9.17, 15) is 4.79 Å². The number of amides is 1. The molecule has 0 unspecified atom stereocenters. The first-order valence-corrected chi connectivity index (χ1v) is 7.54. The molecule has 4 nitrogen and oxygen atoms in total. The van der Waals surface area contributed by atoms with Gasteiger partial charge in [0.05, 0.1) is 17.2 Å². The van der Waals surface area contributed by atoms with Gasteiger partial charge in [-0.1, -0.05) is 30.3 Å². The number of nitrogens with zero attached hydrogens (tertiary/aromatic N) is 2. The van der Waals surface area contributed by atoms with Crippen LogP contribution in [0.1, 0.15) is 17.9 Å². The summed E-state index contributed by atoms with van der Waals surface area (Å²) in [5.41, 5.74) is 1.27. The minimum Gasteiger partial charge on any atom is -0.354 e. The minimum atomic E-state index is 0.141. The summed E-state index contributed by atoms with van der Waals surface area (Å²) in [5.74, 6) is 0.696. The fourth-order valence-corrected chi connectivity index (χ4v) is 2.77. The molecule has 0 aliphatic heterocycles. The predicted octanol–water partition coefficient (Wildman–Crippen LogP) is 2.57. The molecule has 1 N–H and O–H groups in total. The maximum atomic E-state index is 12.0. The van der Waals surface area contributed by atoms with Gasteiger partial charge in [-0.25, -0.2) is 0 Å². The van der Waals surface area contributed by atoms with Crippen LogP contribution in [0.4, 0.5) is 0 Å². The molecule has 0 radical (unpaired) electrons. The number of rotatable bonds is 5. The summed E-state index contributed by atoms with van der Waals surface area (Å²) >= 11 is 3.35. The fourth-order valence-electron chi connectivity index (χ4n) is 2.44. The highest BCUT2D eigenvalue weighted by Gasteiger charge is 2.43. The molecule has 104 valence electrons. The van der Waals surface area contributed by atoms with Crippen LogP contribution in [0.15, 0.2) is 47.2 Å². The number of halogens is 1. The van der Waals surface area contributed by atoms with Crippen LogP contribution in [0, 0.1) is 5.92 Å². The van der Waals surface area contributed by atoms with Gasteiger partial charge in [0.25, 0.3) is 0 Å². The molecule has 2 aromatic rings. The average Bonchev–Trinajstić information content (AvgIpc) is 3.17. The molecule has 1 fully saturated rings. The highest BCUT2D eigenvalue weighted by molar-refractivity contribution is 9.10. The maximum absolute atomic E-state index is 12.0. The van der Waals surface area contributed by atoms with Crippen LogP contribution < -0.4 is 5.32 Å².